The Balaban J connectivity index is -0.0000000101. The maximum atomic E-state index is 3.00. The van der Waals surface area contributed by atoms with E-state index in [4.69, 9.17) is 0 Å². The third-order valence-electron chi connectivity index (χ3n) is 0. The summed E-state index contributed by atoms with van der Waals surface area (Å²) in [4.78, 5) is 0. The molecule has 0 unspecified atom stereocenters. The Morgan fingerprint density at radius 1 is 0.467 bits per heavy atom. The molecule has 0 rings (SSSR count). The Hall–Kier alpha value is -0.260. The molecule has 0 aliphatic carbocycles. The zero-order valence-corrected chi connectivity index (χ0v) is 14.1. The summed E-state index contributed by atoms with van der Waals surface area (Å²) in [5.74, 6) is 0. The average molecular weight is 223 g/mol. The Kier molecular flexibility index (Phi) is 12600. The van der Waals surface area contributed by atoms with Crippen molar-refractivity contribution in [2.24, 2.45) is 0 Å². The Bertz CT molecular complexity index is 4.00. The first-order valence-corrected chi connectivity index (χ1v) is 6.91. The predicted molar refractivity (Wildman–Crippen MR) is 84.0 cm³/mol. The molecule has 0 N–H and O–H groups in total. The molecule has 102 valence electrons. The van der Waals surface area contributed by atoms with E-state index < -0.39 is 0 Å². The molecular formula is C15H42. The van der Waals surface area contributed by atoms with Crippen LogP contribution in [0.1, 0.15) is 89.5 Å². The van der Waals surface area contributed by atoms with Gasteiger partial charge in [-0.1, -0.05) is 89.5 Å². The largest absolute Gasteiger partial charge is 0.106 e. The Morgan fingerprint density at radius 3 is 0.467 bits per heavy atom. The van der Waals surface area contributed by atoms with Crippen molar-refractivity contribution in [2.45, 2.75) is 89.5 Å². The van der Waals surface area contributed by atoms with Crippen molar-refractivity contribution in [1.82, 2.24) is 0 Å². The molecule has 0 aromatic heterocycles. The third kappa shape index (κ3) is 28000. The van der Waals surface area contributed by atoms with Crippen molar-refractivity contribution in [3.8, 4) is 0 Å². The lowest BCUT2D eigenvalue weighted by Crippen LogP contribution is -1.27. The molecule has 0 saturated heterocycles. The molecule has 0 fully saturated rings. The molecule has 0 spiro atoms. The molecule has 0 radical (unpaired) electrons. The van der Waals surface area contributed by atoms with E-state index in [9.17, 15) is 0 Å². The van der Waals surface area contributed by atoms with Crippen LogP contribution in [-0.2, 0) is 0 Å². The van der Waals surface area contributed by atoms with E-state index in [1.807, 2.05) is 69.2 Å². The Morgan fingerprint density at radius 2 is 0.467 bits per heavy atom. The lowest BCUT2D eigenvalue weighted by atomic mass is 10.6. The second-order valence-electron chi connectivity index (χ2n) is 0.707. The van der Waals surface area contributed by atoms with Gasteiger partial charge in [0.25, 0.3) is 0 Å². The van der Waals surface area contributed by atoms with Gasteiger partial charge in [-0.15, -0.1) is 13.2 Å². The second kappa shape index (κ2) is 4070. The Labute approximate surface area is 103 Å². The monoisotopic (exact) mass is 222 g/mol. The van der Waals surface area contributed by atoms with Crippen LogP contribution in [0.4, 0.5) is 0 Å². The van der Waals surface area contributed by atoms with Crippen LogP contribution in [-0.4, -0.2) is 0 Å². The van der Waals surface area contributed by atoms with E-state index in [-0.39, 0.29) is 0 Å². The summed E-state index contributed by atoms with van der Waals surface area (Å²) in [7, 11) is 0. The molecule has 0 aromatic carbocycles. The minimum Gasteiger partial charge on any atom is -0.106 e. The van der Waals surface area contributed by atoms with Gasteiger partial charge < -0.3 is 0 Å². The number of hydrogen-bond donors (Lipinski definition) is 0. The smallest absolute Gasteiger partial charge is 0.0590 e. The van der Waals surface area contributed by atoms with E-state index in [1.165, 1.54) is 6.42 Å². The molecule has 0 amide bonds. The third-order valence-corrected chi connectivity index (χ3v) is 0. The van der Waals surface area contributed by atoms with Crippen molar-refractivity contribution in [1.29, 1.82) is 0 Å². The highest BCUT2D eigenvalue weighted by molar-refractivity contribution is 4.22. The van der Waals surface area contributed by atoms with Crippen molar-refractivity contribution in [3.05, 3.63) is 13.2 Å². The van der Waals surface area contributed by atoms with Crippen LogP contribution >= 0.6 is 0 Å². The van der Waals surface area contributed by atoms with Crippen LogP contribution in [0.2, 0.25) is 0 Å². The van der Waals surface area contributed by atoms with Gasteiger partial charge in [-0.2, -0.15) is 0 Å². The highest BCUT2D eigenvalue weighted by Crippen LogP contribution is 1.56. The second-order valence-corrected chi connectivity index (χ2v) is 0.707. The fraction of sp³-hybridized carbons (Fsp3) is 0.867. The van der Waals surface area contributed by atoms with E-state index in [1.54, 1.807) is 0 Å². The van der Waals surface area contributed by atoms with E-state index >= 15 is 0 Å². The topological polar surface area (TPSA) is 0 Å². The predicted octanol–water partition coefficient (Wildman–Crippen LogP) is 7.35. The maximum Gasteiger partial charge on any atom is -0.0590 e. The summed E-state index contributed by atoms with van der Waals surface area (Å²) in [6.07, 6.45) is 1.25. The standard InChI is InChI=1S/C3H8.5C2H6.C2H4/c1-3-2;6*1-2/h3H2,1-2H3;5*1-2H3;1-2H2. The van der Waals surface area contributed by atoms with Crippen molar-refractivity contribution in [2.75, 3.05) is 0 Å². The van der Waals surface area contributed by atoms with Gasteiger partial charge in [0.1, 0.15) is 0 Å². The fourth-order valence-electron chi connectivity index (χ4n) is 0. The number of hydrogen-bond acceptors (Lipinski definition) is 0. The lowest BCUT2D eigenvalue weighted by Gasteiger charge is -1.48. The van der Waals surface area contributed by atoms with Crippen LogP contribution in [0, 0.1) is 0 Å². The van der Waals surface area contributed by atoms with Crippen LogP contribution < -0.4 is 0 Å². The van der Waals surface area contributed by atoms with Gasteiger partial charge in [0.15, 0.2) is 0 Å². The van der Waals surface area contributed by atoms with E-state index in [0.717, 1.165) is 0 Å². The van der Waals surface area contributed by atoms with Gasteiger partial charge in [-0.3, -0.25) is 0 Å². The SMILES string of the molecule is C=C.CC.CC.CC.CC.CC.CCC. The summed E-state index contributed by atoms with van der Waals surface area (Å²) < 4.78 is 0. The van der Waals surface area contributed by atoms with E-state index in [2.05, 4.69) is 27.0 Å². The van der Waals surface area contributed by atoms with Gasteiger partial charge in [-0.25, -0.2) is 0 Å². The summed E-state index contributed by atoms with van der Waals surface area (Å²) in [6.45, 7) is 30.2. The molecule has 0 heteroatoms. The van der Waals surface area contributed by atoms with Crippen LogP contribution in [0.3, 0.4) is 0 Å². The van der Waals surface area contributed by atoms with Crippen LogP contribution in [0.5, 0.6) is 0 Å². The summed E-state index contributed by atoms with van der Waals surface area (Å²) >= 11 is 0. The zero-order chi connectivity index (χ0) is 14.7. The zero-order valence-electron chi connectivity index (χ0n) is 14.1. The molecule has 0 bridgehead atoms. The molecule has 0 heterocycles. The molecule has 0 aliphatic rings. The van der Waals surface area contributed by atoms with E-state index in [0.29, 0.717) is 0 Å². The van der Waals surface area contributed by atoms with Gasteiger partial charge in [0.2, 0.25) is 0 Å². The quantitative estimate of drug-likeness (QED) is 0.376. The van der Waals surface area contributed by atoms with Gasteiger partial charge in [0, 0.05) is 0 Å². The van der Waals surface area contributed by atoms with Gasteiger partial charge in [0.05, 0.1) is 0 Å². The van der Waals surface area contributed by atoms with Gasteiger partial charge in [-0.05, 0) is 0 Å². The first kappa shape index (κ1) is 46.5. The normalized spacial score (nSPS) is 3.47. The molecule has 0 atom stereocenters. The van der Waals surface area contributed by atoms with Crippen molar-refractivity contribution in [3.63, 3.8) is 0 Å². The van der Waals surface area contributed by atoms with Crippen LogP contribution in [0.25, 0.3) is 0 Å². The first-order valence-electron chi connectivity index (χ1n) is 6.91. The first-order chi connectivity index (χ1) is 7.41. The molecule has 0 aromatic rings. The minimum absolute atomic E-state index is 1.25. The minimum atomic E-state index is 1.25. The van der Waals surface area contributed by atoms with Crippen molar-refractivity contribution >= 4 is 0 Å². The molecule has 0 saturated carbocycles. The maximum absolute atomic E-state index is 3.00. The molecule has 15 heavy (non-hydrogen) atoms. The summed E-state index contributed by atoms with van der Waals surface area (Å²) in [5.41, 5.74) is 0. The fourth-order valence-corrected chi connectivity index (χ4v) is 0. The highest BCUT2D eigenvalue weighted by Gasteiger charge is 1.35. The summed E-state index contributed by atoms with van der Waals surface area (Å²) in [5, 5.41) is 0. The van der Waals surface area contributed by atoms with Gasteiger partial charge >= 0.3 is 0 Å². The highest BCUT2D eigenvalue weighted by atomic mass is 13.4. The van der Waals surface area contributed by atoms with Crippen molar-refractivity contribution < 1.29 is 0 Å². The number of rotatable bonds is 0. The molecular weight excluding hydrogens is 180 g/mol. The molecule has 0 nitrogen and oxygen atoms in total. The average Bonchev–Trinajstić information content (AvgIpc) is 2.44. The van der Waals surface area contributed by atoms with Crippen LogP contribution in [0.15, 0.2) is 13.2 Å². The summed E-state index contributed by atoms with van der Waals surface area (Å²) in [6, 6.07) is 0. The molecule has 0 aliphatic heterocycles. The lowest BCUT2D eigenvalue weighted by molar-refractivity contribution is 1.09.